The van der Waals surface area contributed by atoms with Crippen LogP contribution in [-0.4, -0.2) is 67.3 Å². The SMILES string of the molecule is C[C@](C(=O)O[C@H]1C[N+]2(CCCOc3ccccc3)CCC1CC2)(c1ccccc1)N1CCCCC1.[Br-]. The van der Waals surface area contributed by atoms with E-state index in [1.807, 2.05) is 48.5 Å². The molecule has 0 N–H and O–H groups in total. The van der Waals surface area contributed by atoms with Crippen LogP contribution in [0.2, 0.25) is 0 Å². The molecule has 0 aliphatic carbocycles. The number of carbonyl (C=O) groups excluding carboxylic acids is 1. The van der Waals surface area contributed by atoms with Gasteiger partial charge in [-0.2, -0.15) is 0 Å². The van der Waals surface area contributed by atoms with E-state index in [0.29, 0.717) is 5.92 Å². The predicted octanol–water partition coefficient (Wildman–Crippen LogP) is 2.01. The minimum atomic E-state index is -0.720. The van der Waals surface area contributed by atoms with Crippen molar-refractivity contribution in [1.82, 2.24) is 4.90 Å². The number of rotatable bonds is 9. The number of quaternary nitrogens is 1. The van der Waals surface area contributed by atoms with Crippen LogP contribution in [0.25, 0.3) is 0 Å². The third kappa shape index (κ3) is 5.81. The lowest BCUT2D eigenvalue weighted by molar-refractivity contribution is -0.946. The lowest BCUT2D eigenvalue weighted by Crippen LogP contribution is -3.00. The number of carbonyl (C=O) groups is 1. The number of para-hydroxylation sites is 1. The lowest BCUT2D eigenvalue weighted by Gasteiger charge is -2.52. The third-order valence-electron chi connectivity index (χ3n) is 8.81. The first-order valence-electron chi connectivity index (χ1n) is 13.6. The summed E-state index contributed by atoms with van der Waals surface area (Å²) in [6.07, 6.45) is 6.89. The van der Waals surface area contributed by atoms with Crippen molar-refractivity contribution < 1.29 is 35.7 Å². The smallest absolute Gasteiger partial charge is 0.331 e. The molecule has 6 rings (SSSR count). The highest BCUT2D eigenvalue weighted by molar-refractivity contribution is 5.82. The van der Waals surface area contributed by atoms with Crippen molar-refractivity contribution in [1.29, 1.82) is 0 Å². The van der Waals surface area contributed by atoms with Gasteiger partial charge in [0.1, 0.15) is 17.8 Å². The largest absolute Gasteiger partial charge is 1.00 e. The molecule has 0 unspecified atom stereocenters. The molecule has 5 nitrogen and oxygen atoms in total. The maximum atomic E-state index is 13.9. The predicted molar refractivity (Wildman–Crippen MR) is 138 cm³/mol. The molecule has 2 aromatic carbocycles. The number of esters is 1. The number of piperidine rings is 4. The second-order valence-corrected chi connectivity index (χ2v) is 11.0. The number of benzene rings is 2. The molecule has 4 heterocycles. The van der Waals surface area contributed by atoms with Crippen LogP contribution < -0.4 is 21.7 Å². The molecule has 196 valence electrons. The van der Waals surface area contributed by atoms with Crippen LogP contribution in [0.15, 0.2) is 60.7 Å². The molecule has 0 amide bonds. The molecule has 4 fully saturated rings. The van der Waals surface area contributed by atoms with Gasteiger partial charge >= 0.3 is 5.97 Å². The highest BCUT2D eigenvalue weighted by Crippen LogP contribution is 2.38. The number of halogens is 1. The molecule has 6 heteroatoms. The Morgan fingerprint density at radius 3 is 2.28 bits per heavy atom. The van der Waals surface area contributed by atoms with Gasteiger partial charge in [-0.15, -0.1) is 0 Å². The molecule has 0 spiro atoms. The Morgan fingerprint density at radius 1 is 0.972 bits per heavy atom. The normalized spacial score (nSPS) is 27.5. The van der Waals surface area contributed by atoms with Gasteiger partial charge in [-0.3, -0.25) is 4.90 Å². The summed E-state index contributed by atoms with van der Waals surface area (Å²) in [5, 5.41) is 0. The summed E-state index contributed by atoms with van der Waals surface area (Å²) in [5.74, 6) is 1.38. The van der Waals surface area contributed by atoms with Crippen molar-refractivity contribution in [2.75, 3.05) is 45.9 Å². The van der Waals surface area contributed by atoms with E-state index in [9.17, 15) is 4.79 Å². The van der Waals surface area contributed by atoms with E-state index in [-0.39, 0.29) is 29.1 Å². The van der Waals surface area contributed by atoms with E-state index in [2.05, 4.69) is 24.0 Å². The second-order valence-electron chi connectivity index (χ2n) is 11.0. The standard InChI is InChI=1S/C30H41N2O3.BrH/c1-30(26-12-5-2-6-13-26,31-18-9-4-10-19-31)29(33)35-28-24-32(21-16-25(28)17-22-32)20-11-23-34-27-14-7-3-8-15-27;/h2-3,5-8,12-15,25,28H,4,9-11,16-24H2,1H3;1H/q+1;/p-1/t25?,28-,30+,32?;/m0./s1. The van der Waals surface area contributed by atoms with Crippen LogP contribution in [0.3, 0.4) is 0 Å². The zero-order valence-electron chi connectivity index (χ0n) is 21.6. The molecule has 0 saturated carbocycles. The molecule has 4 aliphatic heterocycles. The first-order chi connectivity index (χ1) is 17.1. The van der Waals surface area contributed by atoms with E-state index < -0.39 is 5.54 Å². The average Bonchev–Trinajstić information content (AvgIpc) is 2.93. The van der Waals surface area contributed by atoms with Gasteiger partial charge in [0.2, 0.25) is 0 Å². The van der Waals surface area contributed by atoms with Crippen molar-refractivity contribution >= 4 is 5.97 Å². The van der Waals surface area contributed by atoms with E-state index >= 15 is 0 Å². The summed E-state index contributed by atoms with van der Waals surface area (Å²) in [5.41, 5.74) is 0.331. The van der Waals surface area contributed by atoms with Crippen LogP contribution >= 0.6 is 0 Å². The van der Waals surface area contributed by atoms with Gasteiger partial charge in [-0.1, -0.05) is 55.0 Å². The fourth-order valence-electron chi connectivity index (χ4n) is 6.56. The number of hydrogen-bond donors (Lipinski definition) is 0. The first kappa shape index (κ1) is 27.2. The topological polar surface area (TPSA) is 38.8 Å². The zero-order chi connectivity index (χ0) is 24.1. The van der Waals surface area contributed by atoms with Crippen LogP contribution in [0.5, 0.6) is 5.75 Å². The van der Waals surface area contributed by atoms with Crippen LogP contribution in [0, 0.1) is 5.92 Å². The van der Waals surface area contributed by atoms with Crippen molar-refractivity contribution in [3.05, 3.63) is 66.2 Å². The Bertz CT molecular complexity index is 959. The number of ether oxygens (including phenoxy) is 2. The average molecular weight is 558 g/mol. The monoisotopic (exact) mass is 556 g/mol. The minimum absolute atomic E-state index is 0. The van der Waals surface area contributed by atoms with Gasteiger partial charge in [0.25, 0.3) is 0 Å². The minimum Gasteiger partial charge on any atom is -1.00 e. The van der Waals surface area contributed by atoms with Gasteiger partial charge < -0.3 is 30.9 Å². The zero-order valence-corrected chi connectivity index (χ0v) is 23.2. The van der Waals surface area contributed by atoms with Crippen molar-refractivity contribution in [2.24, 2.45) is 5.92 Å². The maximum Gasteiger partial charge on any atom is 0.331 e. The Morgan fingerprint density at radius 2 is 1.61 bits per heavy atom. The van der Waals surface area contributed by atoms with Crippen molar-refractivity contribution in [2.45, 2.75) is 57.1 Å². The summed E-state index contributed by atoms with van der Waals surface area (Å²) in [6, 6.07) is 20.3. The van der Waals surface area contributed by atoms with E-state index in [0.717, 1.165) is 80.7 Å². The molecule has 36 heavy (non-hydrogen) atoms. The summed E-state index contributed by atoms with van der Waals surface area (Å²) in [6.45, 7) is 9.17. The van der Waals surface area contributed by atoms with Gasteiger partial charge in [0.15, 0.2) is 6.10 Å². The fourth-order valence-corrected chi connectivity index (χ4v) is 6.56. The molecule has 2 bridgehead atoms. The van der Waals surface area contributed by atoms with Crippen LogP contribution in [-0.2, 0) is 15.1 Å². The number of likely N-dealkylation sites (tertiary alicyclic amines) is 1. The molecule has 4 aliphatic rings. The summed E-state index contributed by atoms with van der Waals surface area (Å²) >= 11 is 0. The Balaban J connectivity index is 0.00000304. The number of hydrogen-bond acceptors (Lipinski definition) is 4. The molecular formula is C30H41BrN2O3. The quantitative estimate of drug-likeness (QED) is 0.269. The summed E-state index contributed by atoms with van der Waals surface area (Å²) in [7, 11) is 0. The van der Waals surface area contributed by atoms with Crippen molar-refractivity contribution in [3.63, 3.8) is 0 Å². The van der Waals surface area contributed by atoms with Gasteiger partial charge in [0.05, 0.1) is 26.2 Å². The molecule has 0 radical (unpaired) electrons. The Kier molecular flexibility index (Phi) is 9.13. The van der Waals surface area contributed by atoms with Gasteiger partial charge in [0, 0.05) is 25.2 Å². The van der Waals surface area contributed by atoms with E-state index in [1.54, 1.807) is 0 Å². The molecular weight excluding hydrogens is 516 g/mol. The lowest BCUT2D eigenvalue weighted by atomic mass is 9.82. The second kappa shape index (κ2) is 12.1. The van der Waals surface area contributed by atoms with Crippen LogP contribution in [0.4, 0.5) is 0 Å². The van der Waals surface area contributed by atoms with E-state index in [4.69, 9.17) is 9.47 Å². The Labute approximate surface area is 227 Å². The maximum absolute atomic E-state index is 13.9. The first-order valence-corrected chi connectivity index (χ1v) is 13.6. The third-order valence-corrected chi connectivity index (χ3v) is 8.81. The van der Waals surface area contributed by atoms with E-state index in [1.165, 1.54) is 19.5 Å². The summed E-state index contributed by atoms with van der Waals surface area (Å²) in [4.78, 5) is 16.3. The van der Waals surface area contributed by atoms with Crippen molar-refractivity contribution in [3.8, 4) is 5.75 Å². The summed E-state index contributed by atoms with van der Waals surface area (Å²) < 4.78 is 13.5. The molecule has 0 aromatic heterocycles. The number of nitrogens with zero attached hydrogens (tertiary/aromatic N) is 2. The van der Waals surface area contributed by atoms with Gasteiger partial charge in [-0.25, -0.2) is 4.79 Å². The highest BCUT2D eigenvalue weighted by Gasteiger charge is 2.50. The Hall–Kier alpha value is -1.89. The molecule has 4 saturated heterocycles. The molecule has 2 aromatic rings. The van der Waals surface area contributed by atoms with Gasteiger partial charge in [-0.05, 0) is 50.6 Å². The van der Waals surface area contributed by atoms with Crippen LogP contribution in [0.1, 0.15) is 51.0 Å². The fraction of sp³-hybridized carbons (Fsp3) is 0.567. The number of fused-ring (bicyclic) bond motifs is 3. The highest BCUT2D eigenvalue weighted by atomic mass is 79.9. The molecule has 2 atom stereocenters.